The highest BCUT2D eigenvalue weighted by Crippen LogP contribution is 2.41. The van der Waals surface area contributed by atoms with Crippen LogP contribution in [0.25, 0.3) is 11.1 Å². The van der Waals surface area contributed by atoms with Crippen molar-refractivity contribution in [1.82, 2.24) is 0 Å². The maximum atomic E-state index is 6.07. The van der Waals surface area contributed by atoms with Crippen molar-refractivity contribution >= 4 is 12.4 Å². The molecule has 0 aliphatic heterocycles. The normalized spacial score (nSPS) is 10.0. The average Bonchev–Trinajstić information content (AvgIpc) is 2.76. The van der Waals surface area contributed by atoms with E-state index in [1.165, 1.54) is 0 Å². The van der Waals surface area contributed by atoms with E-state index in [-0.39, 0.29) is 12.4 Å². The third kappa shape index (κ3) is 5.56. The van der Waals surface area contributed by atoms with Crippen molar-refractivity contribution < 1.29 is 18.9 Å². The van der Waals surface area contributed by atoms with Crippen molar-refractivity contribution in [2.45, 2.75) is 6.61 Å². The zero-order chi connectivity index (χ0) is 19.8. The Morgan fingerprint density at radius 3 is 2.24 bits per heavy atom. The SMILES string of the molecule is COc1cccc(-c2ccc(OCCN)c(OCc3ccccc3)c2)c1OC.Cl. The van der Waals surface area contributed by atoms with E-state index in [4.69, 9.17) is 24.7 Å². The van der Waals surface area contributed by atoms with E-state index in [1.54, 1.807) is 14.2 Å². The predicted octanol–water partition coefficient (Wildman–Crippen LogP) is 4.71. The van der Waals surface area contributed by atoms with E-state index in [9.17, 15) is 0 Å². The summed E-state index contributed by atoms with van der Waals surface area (Å²) in [6.07, 6.45) is 0. The molecular weight excluding hydrogens is 390 g/mol. The molecule has 0 aliphatic carbocycles. The molecule has 0 unspecified atom stereocenters. The van der Waals surface area contributed by atoms with Gasteiger partial charge in [0, 0.05) is 12.1 Å². The van der Waals surface area contributed by atoms with Gasteiger partial charge in [0.1, 0.15) is 13.2 Å². The average molecular weight is 416 g/mol. The Kier molecular flexibility index (Phi) is 8.65. The van der Waals surface area contributed by atoms with Crippen LogP contribution in [-0.4, -0.2) is 27.4 Å². The van der Waals surface area contributed by atoms with Crippen LogP contribution in [0, 0.1) is 0 Å². The topological polar surface area (TPSA) is 62.9 Å². The number of para-hydroxylation sites is 1. The Morgan fingerprint density at radius 2 is 1.55 bits per heavy atom. The number of rotatable bonds is 9. The fraction of sp³-hybridized carbons (Fsp3) is 0.217. The Labute approximate surface area is 177 Å². The number of hydrogen-bond donors (Lipinski definition) is 1. The molecule has 0 saturated carbocycles. The molecule has 0 amide bonds. The minimum Gasteiger partial charge on any atom is -0.493 e. The van der Waals surface area contributed by atoms with Crippen LogP contribution >= 0.6 is 12.4 Å². The molecule has 5 nitrogen and oxygen atoms in total. The zero-order valence-corrected chi connectivity index (χ0v) is 17.4. The highest BCUT2D eigenvalue weighted by molar-refractivity contribution is 5.85. The Bertz CT molecular complexity index is 903. The van der Waals surface area contributed by atoms with Crippen molar-refractivity contribution in [2.75, 3.05) is 27.4 Å². The van der Waals surface area contributed by atoms with E-state index < -0.39 is 0 Å². The fourth-order valence-corrected chi connectivity index (χ4v) is 2.93. The van der Waals surface area contributed by atoms with E-state index in [0.29, 0.717) is 42.8 Å². The molecule has 3 rings (SSSR count). The number of methoxy groups -OCH3 is 2. The summed E-state index contributed by atoms with van der Waals surface area (Å²) >= 11 is 0. The molecule has 3 aromatic carbocycles. The van der Waals surface area contributed by atoms with Gasteiger partial charge < -0.3 is 24.7 Å². The molecule has 0 fully saturated rings. The van der Waals surface area contributed by atoms with Crippen LogP contribution in [0.5, 0.6) is 23.0 Å². The van der Waals surface area contributed by atoms with Gasteiger partial charge in [-0.15, -0.1) is 12.4 Å². The van der Waals surface area contributed by atoms with Crippen molar-refractivity contribution in [1.29, 1.82) is 0 Å². The van der Waals surface area contributed by atoms with Gasteiger partial charge in [0.15, 0.2) is 23.0 Å². The van der Waals surface area contributed by atoms with Gasteiger partial charge in [-0.25, -0.2) is 0 Å². The van der Waals surface area contributed by atoms with Crippen molar-refractivity contribution in [3.05, 3.63) is 72.3 Å². The highest BCUT2D eigenvalue weighted by Gasteiger charge is 2.14. The maximum absolute atomic E-state index is 6.07. The van der Waals surface area contributed by atoms with E-state index >= 15 is 0 Å². The number of nitrogens with two attached hydrogens (primary N) is 1. The lowest BCUT2D eigenvalue weighted by atomic mass is 10.0. The van der Waals surface area contributed by atoms with E-state index in [1.807, 2.05) is 66.7 Å². The number of ether oxygens (including phenoxy) is 4. The fourth-order valence-electron chi connectivity index (χ4n) is 2.93. The van der Waals surface area contributed by atoms with Crippen LogP contribution in [0.1, 0.15) is 5.56 Å². The highest BCUT2D eigenvalue weighted by atomic mass is 35.5. The largest absolute Gasteiger partial charge is 0.493 e. The zero-order valence-electron chi connectivity index (χ0n) is 16.6. The van der Waals surface area contributed by atoms with Crippen LogP contribution in [0.2, 0.25) is 0 Å². The molecule has 0 radical (unpaired) electrons. The first kappa shape index (κ1) is 22.4. The molecule has 0 atom stereocenters. The monoisotopic (exact) mass is 415 g/mol. The Morgan fingerprint density at radius 1 is 0.759 bits per heavy atom. The van der Waals surface area contributed by atoms with E-state index in [0.717, 1.165) is 16.7 Å². The molecule has 2 N–H and O–H groups in total. The first-order chi connectivity index (χ1) is 13.8. The van der Waals surface area contributed by atoms with Gasteiger partial charge in [-0.05, 0) is 29.3 Å². The van der Waals surface area contributed by atoms with Crippen molar-refractivity contribution in [2.24, 2.45) is 5.73 Å². The molecule has 154 valence electrons. The molecule has 0 saturated heterocycles. The lowest BCUT2D eigenvalue weighted by molar-refractivity contribution is 0.266. The predicted molar refractivity (Wildman–Crippen MR) is 118 cm³/mol. The van der Waals surface area contributed by atoms with Gasteiger partial charge in [0.25, 0.3) is 0 Å². The third-order valence-electron chi connectivity index (χ3n) is 4.27. The Hall–Kier alpha value is -2.89. The van der Waals surface area contributed by atoms with Gasteiger partial charge in [-0.1, -0.05) is 48.5 Å². The summed E-state index contributed by atoms with van der Waals surface area (Å²) in [6.45, 7) is 1.30. The molecule has 6 heteroatoms. The molecular formula is C23H26ClNO4. The molecule has 29 heavy (non-hydrogen) atoms. The van der Waals surface area contributed by atoms with Gasteiger partial charge >= 0.3 is 0 Å². The van der Waals surface area contributed by atoms with E-state index in [2.05, 4.69) is 0 Å². The molecule has 0 heterocycles. The second-order valence-corrected chi connectivity index (χ2v) is 6.11. The summed E-state index contributed by atoms with van der Waals surface area (Å²) in [5, 5.41) is 0. The second-order valence-electron chi connectivity index (χ2n) is 6.11. The van der Waals surface area contributed by atoms with Crippen molar-refractivity contribution in [3.8, 4) is 34.1 Å². The van der Waals surface area contributed by atoms with Gasteiger partial charge in [-0.3, -0.25) is 0 Å². The van der Waals surface area contributed by atoms with Crippen molar-refractivity contribution in [3.63, 3.8) is 0 Å². The van der Waals surface area contributed by atoms with Crippen LogP contribution in [-0.2, 0) is 6.61 Å². The van der Waals surface area contributed by atoms with Gasteiger partial charge in [0.05, 0.1) is 14.2 Å². The molecule has 0 aliphatic rings. The quantitative estimate of drug-likeness (QED) is 0.548. The Balaban J connectivity index is 0.00000300. The minimum absolute atomic E-state index is 0. The number of halogens is 1. The lowest BCUT2D eigenvalue weighted by Gasteiger charge is -2.16. The first-order valence-corrected chi connectivity index (χ1v) is 9.11. The number of hydrogen-bond acceptors (Lipinski definition) is 5. The smallest absolute Gasteiger partial charge is 0.168 e. The third-order valence-corrected chi connectivity index (χ3v) is 4.27. The molecule has 3 aromatic rings. The summed E-state index contributed by atoms with van der Waals surface area (Å²) in [6, 6.07) is 21.6. The van der Waals surface area contributed by atoms with Crippen LogP contribution in [0.3, 0.4) is 0 Å². The summed E-state index contributed by atoms with van der Waals surface area (Å²) in [4.78, 5) is 0. The standard InChI is InChI=1S/C23H25NO4.ClH/c1-25-21-10-6-9-19(23(21)26-2)18-11-12-20(27-14-13-24)22(15-18)28-16-17-7-4-3-5-8-17;/h3-12,15H,13-14,16,24H2,1-2H3;1H. The minimum atomic E-state index is 0. The second kappa shape index (κ2) is 11.2. The summed E-state index contributed by atoms with van der Waals surface area (Å²) in [7, 11) is 3.26. The molecule has 0 spiro atoms. The molecule has 0 aromatic heterocycles. The van der Waals surface area contributed by atoms with Gasteiger partial charge in [0.2, 0.25) is 0 Å². The lowest BCUT2D eigenvalue weighted by Crippen LogP contribution is -2.11. The van der Waals surface area contributed by atoms with Crippen LogP contribution in [0.4, 0.5) is 0 Å². The van der Waals surface area contributed by atoms with Gasteiger partial charge in [-0.2, -0.15) is 0 Å². The summed E-state index contributed by atoms with van der Waals surface area (Å²) in [5.41, 5.74) is 8.52. The first-order valence-electron chi connectivity index (χ1n) is 9.11. The summed E-state index contributed by atoms with van der Waals surface area (Å²) < 4.78 is 22.8. The molecule has 0 bridgehead atoms. The summed E-state index contributed by atoms with van der Waals surface area (Å²) in [5.74, 6) is 2.66. The van der Waals surface area contributed by atoms with Crippen LogP contribution < -0.4 is 24.7 Å². The number of benzene rings is 3. The van der Waals surface area contributed by atoms with Crippen LogP contribution in [0.15, 0.2) is 66.7 Å². The maximum Gasteiger partial charge on any atom is 0.168 e.